The maximum Gasteiger partial charge on any atom is 0.0270 e. The largest absolute Gasteiger partial charge is 0.265 e. The summed E-state index contributed by atoms with van der Waals surface area (Å²) < 4.78 is 0. The van der Waals surface area contributed by atoms with Crippen molar-refractivity contribution < 1.29 is 0 Å². The monoisotopic (exact) mass is 211 g/mol. The summed E-state index contributed by atoms with van der Waals surface area (Å²) in [6.07, 6.45) is 4.81. The summed E-state index contributed by atoms with van der Waals surface area (Å²) in [7, 11) is 0. The van der Waals surface area contributed by atoms with Crippen molar-refractivity contribution in [2.75, 3.05) is 0 Å². The van der Waals surface area contributed by atoms with Crippen LogP contribution >= 0.6 is 0 Å². The fourth-order valence-electron chi connectivity index (χ4n) is 1.89. The first-order chi connectivity index (χ1) is 7.81. The molecule has 82 valence electrons. The predicted molar refractivity (Wildman–Crippen MR) is 67.6 cm³/mol. The van der Waals surface area contributed by atoms with Crippen LogP contribution in [-0.2, 0) is 6.42 Å². The fourth-order valence-corrected chi connectivity index (χ4v) is 1.89. The average Bonchev–Trinajstić information content (AvgIpc) is 2.39. The van der Waals surface area contributed by atoms with Crippen LogP contribution in [-0.4, -0.2) is 4.98 Å². The number of pyridine rings is 1. The third-order valence-corrected chi connectivity index (χ3v) is 3.09. The van der Waals surface area contributed by atoms with Crippen LogP contribution in [0.5, 0.6) is 0 Å². The number of rotatable bonds is 3. The van der Waals surface area contributed by atoms with Gasteiger partial charge < -0.3 is 0 Å². The number of nitrogens with zero attached hydrogens (tertiary/aromatic N) is 1. The Morgan fingerprint density at radius 2 is 1.50 bits per heavy atom. The van der Waals surface area contributed by atoms with Crippen LogP contribution in [0.2, 0.25) is 0 Å². The van der Waals surface area contributed by atoms with Crippen molar-refractivity contribution in [3.8, 4) is 0 Å². The van der Waals surface area contributed by atoms with Crippen molar-refractivity contribution in [2.45, 2.75) is 26.2 Å². The normalized spacial score (nSPS) is 12.4. The van der Waals surface area contributed by atoms with Crippen LogP contribution in [0.4, 0.5) is 0 Å². The zero-order valence-electron chi connectivity index (χ0n) is 9.85. The van der Waals surface area contributed by atoms with Gasteiger partial charge in [0.25, 0.3) is 0 Å². The van der Waals surface area contributed by atoms with E-state index in [0.717, 1.165) is 6.42 Å². The summed E-state index contributed by atoms with van der Waals surface area (Å²) in [4.78, 5) is 4.05. The molecule has 0 aliphatic rings. The van der Waals surface area contributed by atoms with Crippen LogP contribution in [0.15, 0.2) is 48.8 Å². The SMILES string of the molecule is CCc1ccc(C(C)c2ccncc2)cc1. The molecule has 0 aliphatic carbocycles. The molecular formula is C15H17N. The molecule has 0 saturated carbocycles. The fraction of sp³-hybridized carbons (Fsp3) is 0.267. The molecule has 16 heavy (non-hydrogen) atoms. The number of hydrogen-bond acceptors (Lipinski definition) is 1. The van der Waals surface area contributed by atoms with Gasteiger partial charge >= 0.3 is 0 Å². The molecule has 1 unspecified atom stereocenters. The quantitative estimate of drug-likeness (QED) is 0.752. The maximum absolute atomic E-state index is 4.05. The highest BCUT2D eigenvalue weighted by atomic mass is 14.6. The van der Waals surface area contributed by atoms with Crippen molar-refractivity contribution in [3.63, 3.8) is 0 Å². The third kappa shape index (κ3) is 2.30. The van der Waals surface area contributed by atoms with Gasteiger partial charge in [-0.1, -0.05) is 38.1 Å². The lowest BCUT2D eigenvalue weighted by atomic mass is 9.93. The zero-order chi connectivity index (χ0) is 11.4. The Morgan fingerprint density at radius 1 is 0.938 bits per heavy atom. The van der Waals surface area contributed by atoms with Gasteiger partial charge in [-0.15, -0.1) is 0 Å². The van der Waals surface area contributed by atoms with E-state index in [1.165, 1.54) is 16.7 Å². The Balaban J connectivity index is 2.24. The van der Waals surface area contributed by atoms with Crippen molar-refractivity contribution >= 4 is 0 Å². The molecule has 1 heteroatoms. The van der Waals surface area contributed by atoms with Crippen LogP contribution in [0.1, 0.15) is 36.5 Å². The molecule has 0 fully saturated rings. The average molecular weight is 211 g/mol. The zero-order valence-corrected chi connectivity index (χ0v) is 9.85. The number of hydrogen-bond donors (Lipinski definition) is 0. The topological polar surface area (TPSA) is 12.9 Å². The molecule has 1 atom stereocenters. The summed E-state index contributed by atoms with van der Waals surface area (Å²) in [6.45, 7) is 4.41. The summed E-state index contributed by atoms with van der Waals surface area (Å²) in [6, 6.07) is 13.0. The second-order valence-electron chi connectivity index (χ2n) is 4.10. The Kier molecular flexibility index (Phi) is 3.35. The molecule has 1 heterocycles. The second kappa shape index (κ2) is 4.93. The number of benzene rings is 1. The molecular weight excluding hydrogens is 194 g/mol. The molecule has 2 rings (SSSR count). The lowest BCUT2D eigenvalue weighted by Crippen LogP contribution is -1.96. The highest BCUT2D eigenvalue weighted by molar-refractivity contribution is 5.32. The Morgan fingerprint density at radius 3 is 2.06 bits per heavy atom. The lowest BCUT2D eigenvalue weighted by molar-refractivity contribution is 0.915. The highest BCUT2D eigenvalue weighted by Crippen LogP contribution is 2.23. The van der Waals surface area contributed by atoms with E-state index in [4.69, 9.17) is 0 Å². The van der Waals surface area contributed by atoms with Crippen molar-refractivity contribution in [3.05, 3.63) is 65.5 Å². The van der Waals surface area contributed by atoms with Gasteiger partial charge in [0, 0.05) is 18.3 Å². The van der Waals surface area contributed by atoms with Crippen molar-refractivity contribution in [2.24, 2.45) is 0 Å². The number of aryl methyl sites for hydroxylation is 1. The predicted octanol–water partition coefficient (Wildman–Crippen LogP) is 3.80. The third-order valence-electron chi connectivity index (χ3n) is 3.09. The van der Waals surface area contributed by atoms with E-state index in [1.807, 2.05) is 12.4 Å². The van der Waals surface area contributed by atoms with Gasteiger partial charge in [0.05, 0.1) is 0 Å². The van der Waals surface area contributed by atoms with E-state index in [1.54, 1.807) is 0 Å². The van der Waals surface area contributed by atoms with E-state index in [0.29, 0.717) is 5.92 Å². The summed E-state index contributed by atoms with van der Waals surface area (Å²) in [5, 5.41) is 0. The summed E-state index contributed by atoms with van der Waals surface area (Å²) in [5.41, 5.74) is 4.08. The molecule has 0 aliphatic heterocycles. The van der Waals surface area contributed by atoms with Gasteiger partial charge in [0.2, 0.25) is 0 Å². The molecule has 0 bridgehead atoms. The van der Waals surface area contributed by atoms with Crippen LogP contribution in [0.25, 0.3) is 0 Å². The second-order valence-corrected chi connectivity index (χ2v) is 4.10. The minimum Gasteiger partial charge on any atom is -0.265 e. The van der Waals surface area contributed by atoms with E-state index in [9.17, 15) is 0 Å². The molecule has 0 spiro atoms. The van der Waals surface area contributed by atoms with Crippen molar-refractivity contribution in [1.82, 2.24) is 4.98 Å². The van der Waals surface area contributed by atoms with Crippen LogP contribution in [0, 0.1) is 0 Å². The van der Waals surface area contributed by atoms with Crippen LogP contribution in [0.3, 0.4) is 0 Å². The van der Waals surface area contributed by atoms with E-state index >= 15 is 0 Å². The Hall–Kier alpha value is -1.63. The Bertz CT molecular complexity index is 431. The smallest absolute Gasteiger partial charge is 0.0270 e. The molecule has 1 aromatic carbocycles. The standard InChI is InChI=1S/C15H17N/c1-3-13-4-6-14(7-5-13)12(2)15-8-10-16-11-9-15/h4-12H,3H2,1-2H3. The first-order valence-electron chi connectivity index (χ1n) is 5.80. The molecule has 1 aromatic heterocycles. The first-order valence-corrected chi connectivity index (χ1v) is 5.80. The Labute approximate surface area is 97.2 Å². The minimum atomic E-state index is 0.439. The molecule has 1 nitrogen and oxygen atoms in total. The molecule has 0 radical (unpaired) electrons. The van der Waals surface area contributed by atoms with Crippen LogP contribution < -0.4 is 0 Å². The van der Waals surface area contributed by atoms with Gasteiger partial charge in [-0.2, -0.15) is 0 Å². The van der Waals surface area contributed by atoms with E-state index < -0.39 is 0 Å². The van der Waals surface area contributed by atoms with Crippen molar-refractivity contribution in [1.29, 1.82) is 0 Å². The molecule has 2 aromatic rings. The van der Waals surface area contributed by atoms with E-state index in [2.05, 4.69) is 55.2 Å². The highest BCUT2D eigenvalue weighted by Gasteiger charge is 2.07. The molecule has 0 N–H and O–H groups in total. The summed E-state index contributed by atoms with van der Waals surface area (Å²) >= 11 is 0. The van der Waals surface area contributed by atoms with Gasteiger partial charge in [-0.25, -0.2) is 0 Å². The van der Waals surface area contributed by atoms with E-state index in [-0.39, 0.29) is 0 Å². The number of aromatic nitrogens is 1. The lowest BCUT2D eigenvalue weighted by Gasteiger charge is -2.12. The summed E-state index contributed by atoms with van der Waals surface area (Å²) in [5.74, 6) is 0.439. The van der Waals surface area contributed by atoms with Gasteiger partial charge in [-0.05, 0) is 35.2 Å². The molecule has 0 saturated heterocycles. The van der Waals surface area contributed by atoms with Gasteiger partial charge in [-0.3, -0.25) is 4.98 Å². The maximum atomic E-state index is 4.05. The molecule has 0 amide bonds. The van der Waals surface area contributed by atoms with Gasteiger partial charge in [0.1, 0.15) is 0 Å². The minimum absolute atomic E-state index is 0.439. The first kappa shape index (κ1) is 10.9. The van der Waals surface area contributed by atoms with Gasteiger partial charge in [0.15, 0.2) is 0 Å².